The van der Waals surface area contributed by atoms with E-state index in [9.17, 15) is 5.11 Å². The molecular weight excluding hydrogens is 248 g/mol. The smallest absolute Gasteiger partial charge is 0.123 e. The van der Waals surface area contributed by atoms with Crippen LogP contribution in [0.25, 0.3) is 0 Å². The summed E-state index contributed by atoms with van der Waals surface area (Å²) >= 11 is 0. The van der Waals surface area contributed by atoms with E-state index in [2.05, 4.69) is 13.0 Å². The van der Waals surface area contributed by atoms with Crippen molar-refractivity contribution in [2.45, 2.75) is 70.3 Å². The standard InChI is InChI=1S/C18H28O2/c1-2-3-4-5-6-7-8-12-17(19)16-14-20-18-13-10-9-11-15(16)18/h9-11,13,16-17,19H,2-8,12,14H2,1H3. The van der Waals surface area contributed by atoms with Crippen molar-refractivity contribution in [3.05, 3.63) is 29.8 Å². The molecule has 0 saturated carbocycles. The summed E-state index contributed by atoms with van der Waals surface area (Å²) in [5.74, 6) is 1.13. The number of rotatable bonds is 9. The zero-order valence-electron chi connectivity index (χ0n) is 12.7. The van der Waals surface area contributed by atoms with Gasteiger partial charge in [0.25, 0.3) is 0 Å². The highest BCUT2D eigenvalue weighted by molar-refractivity contribution is 5.40. The second kappa shape index (κ2) is 8.31. The maximum atomic E-state index is 10.4. The highest BCUT2D eigenvalue weighted by atomic mass is 16.5. The Balaban J connectivity index is 1.65. The number of hydrogen-bond acceptors (Lipinski definition) is 2. The summed E-state index contributed by atoms with van der Waals surface area (Å²) < 4.78 is 5.64. The van der Waals surface area contributed by atoms with Crippen molar-refractivity contribution in [1.82, 2.24) is 0 Å². The summed E-state index contributed by atoms with van der Waals surface area (Å²) in [6, 6.07) is 8.10. The van der Waals surface area contributed by atoms with Crippen molar-refractivity contribution >= 4 is 0 Å². The third-order valence-corrected chi connectivity index (χ3v) is 4.30. The van der Waals surface area contributed by atoms with Gasteiger partial charge < -0.3 is 9.84 Å². The number of ether oxygens (including phenoxy) is 1. The number of fused-ring (bicyclic) bond motifs is 1. The predicted molar refractivity (Wildman–Crippen MR) is 83.3 cm³/mol. The van der Waals surface area contributed by atoms with Gasteiger partial charge >= 0.3 is 0 Å². The van der Waals surface area contributed by atoms with E-state index in [0.717, 1.165) is 18.6 Å². The average molecular weight is 276 g/mol. The fourth-order valence-corrected chi connectivity index (χ4v) is 3.02. The zero-order valence-corrected chi connectivity index (χ0v) is 12.7. The molecule has 20 heavy (non-hydrogen) atoms. The molecule has 2 nitrogen and oxygen atoms in total. The minimum Gasteiger partial charge on any atom is -0.493 e. The van der Waals surface area contributed by atoms with E-state index in [0.29, 0.717) is 6.61 Å². The van der Waals surface area contributed by atoms with E-state index in [1.165, 1.54) is 44.1 Å². The summed E-state index contributed by atoms with van der Waals surface area (Å²) in [6.45, 7) is 2.88. The molecule has 0 aromatic heterocycles. The molecule has 1 aromatic carbocycles. The first-order valence-electron chi connectivity index (χ1n) is 8.22. The molecule has 0 spiro atoms. The minimum atomic E-state index is -0.255. The third-order valence-electron chi connectivity index (χ3n) is 4.30. The van der Waals surface area contributed by atoms with Crippen LogP contribution in [0.5, 0.6) is 5.75 Å². The van der Waals surface area contributed by atoms with Gasteiger partial charge in [-0.2, -0.15) is 0 Å². The Labute approximate surface area is 123 Å². The van der Waals surface area contributed by atoms with E-state index in [4.69, 9.17) is 4.74 Å². The molecule has 0 saturated heterocycles. The van der Waals surface area contributed by atoms with Gasteiger partial charge in [-0.15, -0.1) is 0 Å². The number of aliphatic hydroxyl groups excluding tert-OH is 1. The Kier molecular flexibility index (Phi) is 6.38. The quantitative estimate of drug-likeness (QED) is 0.664. The van der Waals surface area contributed by atoms with Gasteiger partial charge in [-0.05, 0) is 12.5 Å². The molecule has 2 heteroatoms. The largest absolute Gasteiger partial charge is 0.493 e. The van der Waals surface area contributed by atoms with E-state index < -0.39 is 0 Å². The van der Waals surface area contributed by atoms with Crippen LogP contribution in [0.15, 0.2) is 24.3 Å². The molecule has 0 amide bonds. The van der Waals surface area contributed by atoms with Crippen LogP contribution in [0, 0.1) is 0 Å². The maximum absolute atomic E-state index is 10.4. The van der Waals surface area contributed by atoms with Crippen molar-refractivity contribution < 1.29 is 9.84 Å². The average Bonchev–Trinajstić information content (AvgIpc) is 2.90. The summed E-state index contributed by atoms with van der Waals surface area (Å²) in [5, 5.41) is 10.4. The Bertz CT molecular complexity index is 389. The Hall–Kier alpha value is -1.02. The number of aliphatic hydroxyl groups is 1. The monoisotopic (exact) mass is 276 g/mol. The van der Waals surface area contributed by atoms with Gasteiger partial charge in [0.05, 0.1) is 12.7 Å². The molecule has 0 fully saturated rings. The second-order valence-corrected chi connectivity index (χ2v) is 5.93. The maximum Gasteiger partial charge on any atom is 0.123 e. The molecule has 2 atom stereocenters. The van der Waals surface area contributed by atoms with Crippen molar-refractivity contribution in [1.29, 1.82) is 0 Å². The zero-order chi connectivity index (χ0) is 14.2. The normalized spacial score (nSPS) is 18.6. The topological polar surface area (TPSA) is 29.5 Å². The van der Waals surface area contributed by atoms with Gasteiger partial charge in [-0.1, -0.05) is 70.1 Å². The van der Waals surface area contributed by atoms with Gasteiger partial charge in [0.2, 0.25) is 0 Å². The third kappa shape index (κ3) is 4.24. The molecule has 1 aromatic rings. The summed E-state index contributed by atoms with van der Waals surface area (Å²) in [5.41, 5.74) is 1.18. The van der Waals surface area contributed by atoms with Crippen molar-refractivity contribution in [3.8, 4) is 5.75 Å². The summed E-state index contributed by atoms with van der Waals surface area (Å²) in [7, 11) is 0. The number of para-hydroxylation sites is 1. The molecule has 1 aliphatic rings. The fraction of sp³-hybridized carbons (Fsp3) is 0.667. The van der Waals surface area contributed by atoms with Crippen LogP contribution in [-0.4, -0.2) is 17.8 Å². The van der Waals surface area contributed by atoms with Crippen LogP contribution >= 0.6 is 0 Å². The van der Waals surface area contributed by atoms with Gasteiger partial charge in [-0.25, -0.2) is 0 Å². The van der Waals surface area contributed by atoms with E-state index in [1.54, 1.807) is 0 Å². The highest BCUT2D eigenvalue weighted by Crippen LogP contribution is 2.36. The fourth-order valence-electron chi connectivity index (χ4n) is 3.02. The SMILES string of the molecule is CCCCCCCCCC(O)C1COc2ccccc21. The van der Waals surface area contributed by atoms with Crippen LogP contribution in [0.1, 0.15) is 69.8 Å². The van der Waals surface area contributed by atoms with Gasteiger partial charge in [-0.3, -0.25) is 0 Å². The Morgan fingerprint density at radius 2 is 1.80 bits per heavy atom. The van der Waals surface area contributed by atoms with Crippen LogP contribution in [0.4, 0.5) is 0 Å². The predicted octanol–water partition coefficient (Wildman–Crippen LogP) is 4.66. The molecule has 0 aliphatic carbocycles. The Morgan fingerprint density at radius 1 is 1.10 bits per heavy atom. The first-order chi connectivity index (χ1) is 9.83. The number of benzene rings is 1. The van der Waals surface area contributed by atoms with Crippen molar-refractivity contribution in [2.24, 2.45) is 0 Å². The van der Waals surface area contributed by atoms with E-state index in [-0.39, 0.29) is 12.0 Å². The molecule has 2 unspecified atom stereocenters. The summed E-state index contributed by atoms with van der Waals surface area (Å²) in [4.78, 5) is 0. The highest BCUT2D eigenvalue weighted by Gasteiger charge is 2.29. The lowest BCUT2D eigenvalue weighted by atomic mass is 9.92. The van der Waals surface area contributed by atoms with Crippen molar-refractivity contribution in [2.75, 3.05) is 6.61 Å². The first-order valence-corrected chi connectivity index (χ1v) is 8.22. The molecule has 1 N–H and O–H groups in total. The first kappa shape index (κ1) is 15.4. The molecule has 2 rings (SSSR count). The molecule has 1 heterocycles. The van der Waals surface area contributed by atoms with Gasteiger partial charge in [0.15, 0.2) is 0 Å². The lowest BCUT2D eigenvalue weighted by Crippen LogP contribution is -2.19. The van der Waals surface area contributed by atoms with Crippen LogP contribution < -0.4 is 4.74 Å². The van der Waals surface area contributed by atoms with Crippen molar-refractivity contribution in [3.63, 3.8) is 0 Å². The second-order valence-electron chi connectivity index (χ2n) is 5.93. The van der Waals surface area contributed by atoms with Crippen LogP contribution in [-0.2, 0) is 0 Å². The number of unbranched alkanes of at least 4 members (excludes halogenated alkanes) is 6. The van der Waals surface area contributed by atoms with Crippen LogP contribution in [0.3, 0.4) is 0 Å². The Morgan fingerprint density at radius 3 is 2.60 bits per heavy atom. The number of hydrogen-bond donors (Lipinski definition) is 1. The molecule has 112 valence electrons. The minimum absolute atomic E-state index is 0.172. The van der Waals surface area contributed by atoms with E-state index in [1.807, 2.05) is 18.2 Å². The molecule has 1 aliphatic heterocycles. The van der Waals surface area contributed by atoms with Crippen LogP contribution in [0.2, 0.25) is 0 Å². The summed E-state index contributed by atoms with van der Waals surface area (Å²) in [6.07, 6.45) is 9.71. The van der Waals surface area contributed by atoms with E-state index >= 15 is 0 Å². The van der Waals surface area contributed by atoms with Gasteiger partial charge in [0.1, 0.15) is 5.75 Å². The lowest BCUT2D eigenvalue weighted by molar-refractivity contribution is 0.117. The molecule has 0 radical (unpaired) electrons. The van der Waals surface area contributed by atoms with Gasteiger partial charge in [0, 0.05) is 11.5 Å². The molecular formula is C18H28O2. The lowest BCUT2D eigenvalue weighted by Gasteiger charge is -2.17. The molecule has 0 bridgehead atoms.